The summed E-state index contributed by atoms with van der Waals surface area (Å²) >= 11 is 0. The number of amides is 1. The number of hydrogen-bond donors (Lipinski definition) is 2. The van der Waals surface area contributed by atoms with Gasteiger partial charge >= 0.3 is 0 Å². The Morgan fingerprint density at radius 2 is 2.04 bits per heavy atom. The molecule has 2 N–H and O–H groups in total. The van der Waals surface area contributed by atoms with Gasteiger partial charge in [0.15, 0.2) is 11.3 Å². The van der Waals surface area contributed by atoms with E-state index in [2.05, 4.69) is 25.5 Å². The van der Waals surface area contributed by atoms with Crippen LogP contribution < -0.4 is 5.32 Å². The van der Waals surface area contributed by atoms with Gasteiger partial charge in [0, 0.05) is 23.2 Å². The molecule has 1 aliphatic rings. The van der Waals surface area contributed by atoms with Crippen LogP contribution in [0.15, 0.2) is 36.5 Å². The number of anilines is 1. The number of fused-ring (bicyclic) bond motifs is 1. The van der Waals surface area contributed by atoms with E-state index in [-0.39, 0.29) is 5.91 Å². The van der Waals surface area contributed by atoms with E-state index in [9.17, 15) is 4.79 Å². The summed E-state index contributed by atoms with van der Waals surface area (Å²) in [5.41, 5.74) is 2.08. The molecule has 24 heavy (non-hydrogen) atoms. The van der Waals surface area contributed by atoms with Crippen molar-refractivity contribution in [2.75, 3.05) is 5.32 Å². The van der Waals surface area contributed by atoms with E-state index < -0.39 is 0 Å². The monoisotopic (exact) mass is 321 g/mol. The molecular weight excluding hydrogens is 302 g/mol. The zero-order valence-electron chi connectivity index (χ0n) is 13.3. The summed E-state index contributed by atoms with van der Waals surface area (Å²) in [6.45, 7) is 0. The van der Waals surface area contributed by atoms with Crippen molar-refractivity contribution in [2.45, 2.75) is 38.0 Å². The number of pyridine rings is 2. The van der Waals surface area contributed by atoms with Crippen molar-refractivity contribution in [1.82, 2.24) is 20.2 Å². The number of carbonyl (C=O) groups is 1. The van der Waals surface area contributed by atoms with E-state index in [1.54, 1.807) is 12.3 Å². The lowest BCUT2D eigenvalue weighted by atomic mass is 9.87. The highest BCUT2D eigenvalue weighted by Crippen LogP contribution is 2.31. The zero-order chi connectivity index (χ0) is 16.4. The molecule has 0 aromatic carbocycles. The Bertz CT molecular complexity index is 866. The van der Waals surface area contributed by atoms with Crippen LogP contribution in [-0.2, 0) is 0 Å². The maximum atomic E-state index is 12.4. The Morgan fingerprint density at radius 1 is 1.17 bits per heavy atom. The van der Waals surface area contributed by atoms with Crippen molar-refractivity contribution in [3.8, 4) is 0 Å². The van der Waals surface area contributed by atoms with Gasteiger partial charge in [-0.1, -0.05) is 19.3 Å². The maximum Gasteiger partial charge on any atom is 0.277 e. The molecule has 4 rings (SSSR count). The highest BCUT2D eigenvalue weighted by molar-refractivity contribution is 6.02. The lowest BCUT2D eigenvalue weighted by molar-refractivity contribution is 0.102. The number of hydrogen-bond acceptors (Lipinski definition) is 4. The first-order valence-corrected chi connectivity index (χ1v) is 8.38. The fourth-order valence-electron chi connectivity index (χ4n) is 3.28. The number of H-pyrrole nitrogens is 1. The summed E-state index contributed by atoms with van der Waals surface area (Å²) in [5.74, 6) is 0.723. The first-order valence-electron chi connectivity index (χ1n) is 8.38. The molecule has 0 aliphatic heterocycles. The lowest BCUT2D eigenvalue weighted by Crippen LogP contribution is -2.13. The molecule has 0 bridgehead atoms. The van der Waals surface area contributed by atoms with Crippen LogP contribution in [0.5, 0.6) is 0 Å². The Labute approximate surface area is 139 Å². The first kappa shape index (κ1) is 14.8. The smallest absolute Gasteiger partial charge is 0.277 e. The number of aromatic amines is 1. The molecule has 6 heteroatoms. The number of nitrogens with zero attached hydrogens (tertiary/aromatic N) is 3. The van der Waals surface area contributed by atoms with Gasteiger partial charge in [0.2, 0.25) is 0 Å². The number of carbonyl (C=O) groups excluding carboxylic acids is 1. The molecule has 6 nitrogen and oxygen atoms in total. The fraction of sp³-hybridized carbons (Fsp3) is 0.333. The van der Waals surface area contributed by atoms with Gasteiger partial charge < -0.3 is 5.32 Å². The summed E-state index contributed by atoms with van der Waals surface area (Å²) in [5, 5.41) is 10.9. The van der Waals surface area contributed by atoms with Gasteiger partial charge in [-0.2, -0.15) is 5.10 Å². The fourth-order valence-corrected chi connectivity index (χ4v) is 3.28. The van der Waals surface area contributed by atoms with E-state index in [4.69, 9.17) is 0 Å². The predicted molar refractivity (Wildman–Crippen MR) is 91.9 cm³/mol. The quantitative estimate of drug-likeness (QED) is 0.771. The van der Waals surface area contributed by atoms with E-state index >= 15 is 0 Å². The van der Waals surface area contributed by atoms with E-state index in [0.29, 0.717) is 23.1 Å². The normalized spacial score (nSPS) is 15.5. The van der Waals surface area contributed by atoms with Gasteiger partial charge in [0.1, 0.15) is 5.82 Å². The molecule has 3 aromatic rings. The minimum absolute atomic E-state index is 0.254. The SMILES string of the molecule is O=C(Nc1ccc2cccnc2n1)c1cc(C2CCCCC2)[nH]n1. The highest BCUT2D eigenvalue weighted by Gasteiger charge is 2.19. The Kier molecular flexibility index (Phi) is 3.94. The molecule has 1 fully saturated rings. The average Bonchev–Trinajstić information content (AvgIpc) is 3.13. The Morgan fingerprint density at radius 3 is 2.92 bits per heavy atom. The molecule has 0 saturated heterocycles. The minimum atomic E-state index is -0.254. The van der Waals surface area contributed by atoms with Gasteiger partial charge in [0.25, 0.3) is 5.91 Å². The van der Waals surface area contributed by atoms with Crippen molar-refractivity contribution in [3.63, 3.8) is 0 Å². The van der Waals surface area contributed by atoms with Crippen LogP contribution >= 0.6 is 0 Å². The Balaban J connectivity index is 1.49. The molecule has 122 valence electrons. The predicted octanol–water partition coefficient (Wildman–Crippen LogP) is 3.65. The van der Waals surface area contributed by atoms with Crippen molar-refractivity contribution >= 4 is 22.8 Å². The lowest BCUT2D eigenvalue weighted by Gasteiger charge is -2.19. The third-order valence-electron chi connectivity index (χ3n) is 4.58. The highest BCUT2D eigenvalue weighted by atomic mass is 16.2. The van der Waals surface area contributed by atoms with Gasteiger partial charge in [-0.05, 0) is 43.2 Å². The summed E-state index contributed by atoms with van der Waals surface area (Å²) in [4.78, 5) is 21.0. The molecule has 0 radical (unpaired) electrons. The van der Waals surface area contributed by atoms with Crippen molar-refractivity contribution < 1.29 is 4.79 Å². The van der Waals surface area contributed by atoms with Crippen LogP contribution in [0, 0.1) is 0 Å². The standard InChI is InChI=1S/C18H19N5O/c24-18(15-11-14(22-23-15)12-5-2-1-3-6-12)21-16-9-8-13-7-4-10-19-17(13)20-16/h4,7-12H,1-3,5-6H2,(H,22,23)(H,19,20,21,24). The minimum Gasteiger partial charge on any atom is -0.305 e. The van der Waals surface area contributed by atoms with Crippen molar-refractivity contribution in [1.29, 1.82) is 0 Å². The van der Waals surface area contributed by atoms with Crippen LogP contribution in [-0.4, -0.2) is 26.1 Å². The van der Waals surface area contributed by atoms with Crippen LogP contribution in [0.2, 0.25) is 0 Å². The Hall–Kier alpha value is -2.76. The molecule has 0 atom stereocenters. The van der Waals surface area contributed by atoms with Crippen LogP contribution in [0.1, 0.15) is 54.2 Å². The molecule has 1 aliphatic carbocycles. The van der Waals surface area contributed by atoms with E-state index in [0.717, 1.165) is 11.1 Å². The average molecular weight is 321 g/mol. The van der Waals surface area contributed by atoms with E-state index in [1.807, 2.05) is 24.3 Å². The summed E-state index contributed by atoms with van der Waals surface area (Å²) in [6.07, 6.45) is 7.82. The number of aromatic nitrogens is 4. The van der Waals surface area contributed by atoms with Crippen molar-refractivity contribution in [3.05, 3.63) is 47.9 Å². The van der Waals surface area contributed by atoms with Gasteiger partial charge in [-0.15, -0.1) is 0 Å². The molecule has 0 unspecified atom stereocenters. The maximum absolute atomic E-state index is 12.4. The molecule has 3 aromatic heterocycles. The topological polar surface area (TPSA) is 83.6 Å². The second-order valence-electron chi connectivity index (χ2n) is 6.24. The molecule has 1 amide bonds. The second kappa shape index (κ2) is 6.39. The third-order valence-corrected chi connectivity index (χ3v) is 4.58. The largest absolute Gasteiger partial charge is 0.305 e. The first-order chi connectivity index (χ1) is 11.8. The van der Waals surface area contributed by atoms with E-state index in [1.165, 1.54) is 32.1 Å². The molecular formula is C18H19N5O. The zero-order valence-corrected chi connectivity index (χ0v) is 13.3. The van der Waals surface area contributed by atoms with Gasteiger partial charge in [0.05, 0.1) is 0 Å². The molecule has 0 spiro atoms. The summed E-state index contributed by atoms with van der Waals surface area (Å²) in [6, 6.07) is 9.33. The molecule has 3 heterocycles. The summed E-state index contributed by atoms with van der Waals surface area (Å²) < 4.78 is 0. The third kappa shape index (κ3) is 2.99. The molecule has 1 saturated carbocycles. The van der Waals surface area contributed by atoms with Gasteiger partial charge in [-0.3, -0.25) is 9.89 Å². The second-order valence-corrected chi connectivity index (χ2v) is 6.24. The summed E-state index contributed by atoms with van der Waals surface area (Å²) in [7, 11) is 0. The van der Waals surface area contributed by atoms with Crippen LogP contribution in [0.4, 0.5) is 5.82 Å². The number of nitrogens with one attached hydrogen (secondary N) is 2. The van der Waals surface area contributed by atoms with Crippen LogP contribution in [0.25, 0.3) is 11.0 Å². The number of rotatable bonds is 3. The van der Waals surface area contributed by atoms with Crippen LogP contribution in [0.3, 0.4) is 0 Å². The van der Waals surface area contributed by atoms with Crippen molar-refractivity contribution in [2.24, 2.45) is 0 Å². The van der Waals surface area contributed by atoms with Gasteiger partial charge in [-0.25, -0.2) is 9.97 Å².